The number of methoxy groups -OCH3 is 1. The highest BCUT2D eigenvalue weighted by Gasteiger charge is 2.21. The van der Waals surface area contributed by atoms with Crippen molar-refractivity contribution in [2.24, 2.45) is 0 Å². The normalized spacial score (nSPS) is 14.7. The molecule has 1 rings (SSSR count). The summed E-state index contributed by atoms with van der Waals surface area (Å²) in [4.78, 5) is 11.2. The summed E-state index contributed by atoms with van der Waals surface area (Å²) in [6.45, 7) is 1.88. The van der Waals surface area contributed by atoms with Crippen LogP contribution in [-0.2, 0) is 0 Å². The quantitative estimate of drug-likeness (QED) is 0.750. The van der Waals surface area contributed by atoms with Crippen LogP contribution in [0, 0.1) is 0 Å². The highest BCUT2D eigenvalue weighted by atomic mass is 16.5. The lowest BCUT2D eigenvalue weighted by Crippen LogP contribution is -2.19. The summed E-state index contributed by atoms with van der Waals surface area (Å²) in [6.07, 6.45) is 2.55. The van der Waals surface area contributed by atoms with Crippen LogP contribution < -0.4 is 10.4 Å². The molecule has 0 aromatic carbocycles. The zero-order chi connectivity index (χ0) is 13.5. The largest absolute Gasteiger partial charge is 0.496 e. The number of aliphatic hydroxyl groups is 2. The molecule has 2 atom stereocenters. The van der Waals surface area contributed by atoms with E-state index in [9.17, 15) is 15.0 Å². The molecule has 100 valence electrons. The Morgan fingerprint density at radius 2 is 2.17 bits per heavy atom. The molecule has 0 unspecified atom stereocenters. The summed E-state index contributed by atoms with van der Waals surface area (Å²) in [7, 11) is 1.41. The first-order valence-corrected chi connectivity index (χ1v) is 5.75. The summed E-state index contributed by atoms with van der Waals surface area (Å²) in [5.74, 6) is 0.299. The van der Waals surface area contributed by atoms with Gasteiger partial charge in [-0.2, -0.15) is 0 Å². The van der Waals surface area contributed by atoms with E-state index in [4.69, 9.17) is 9.15 Å². The number of allylic oxidation sites excluding steroid dienone is 2. The molecule has 18 heavy (non-hydrogen) atoms. The molecule has 5 nitrogen and oxygen atoms in total. The molecule has 1 aromatic rings. The Hall–Kier alpha value is -1.59. The molecular formula is C13H18O5. The minimum atomic E-state index is -1.24. The first-order valence-electron chi connectivity index (χ1n) is 5.75. The third-order valence-electron chi connectivity index (χ3n) is 2.52. The molecule has 0 bridgehead atoms. The van der Waals surface area contributed by atoms with Gasteiger partial charge in [-0.3, -0.25) is 0 Å². The van der Waals surface area contributed by atoms with Gasteiger partial charge in [0.25, 0.3) is 0 Å². The third kappa shape index (κ3) is 4.01. The van der Waals surface area contributed by atoms with Crippen molar-refractivity contribution in [1.29, 1.82) is 0 Å². The van der Waals surface area contributed by atoms with E-state index < -0.39 is 17.8 Å². The van der Waals surface area contributed by atoms with E-state index in [1.807, 2.05) is 19.1 Å². The molecule has 1 aromatic heterocycles. The van der Waals surface area contributed by atoms with Gasteiger partial charge in [-0.25, -0.2) is 4.79 Å². The molecule has 0 aliphatic carbocycles. The Kier molecular flexibility index (Phi) is 5.61. The second-order valence-electron chi connectivity index (χ2n) is 3.88. The molecule has 1 heterocycles. The average Bonchev–Trinajstić information content (AvgIpc) is 2.37. The van der Waals surface area contributed by atoms with E-state index in [1.54, 1.807) is 0 Å². The molecule has 0 saturated carbocycles. The number of ether oxygens (including phenoxy) is 1. The SMILES string of the molecule is C/C=C/CC[C@@H](O)[C@H](O)c1cc(OC)cc(=O)o1. The van der Waals surface area contributed by atoms with Gasteiger partial charge in [-0.05, 0) is 19.8 Å². The minimum absolute atomic E-state index is 0.00679. The summed E-state index contributed by atoms with van der Waals surface area (Å²) in [6, 6.07) is 2.56. The van der Waals surface area contributed by atoms with Crippen LogP contribution in [-0.4, -0.2) is 23.4 Å². The maximum absolute atomic E-state index is 11.2. The molecule has 0 aliphatic heterocycles. The molecular weight excluding hydrogens is 236 g/mol. The molecule has 0 radical (unpaired) electrons. The summed E-state index contributed by atoms with van der Waals surface area (Å²) < 4.78 is 9.75. The zero-order valence-corrected chi connectivity index (χ0v) is 10.5. The van der Waals surface area contributed by atoms with Gasteiger partial charge in [0.1, 0.15) is 17.6 Å². The lowest BCUT2D eigenvalue weighted by atomic mass is 10.1. The fraction of sp³-hybridized carbons (Fsp3) is 0.462. The highest BCUT2D eigenvalue weighted by Crippen LogP contribution is 2.22. The van der Waals surface area contributed by atoms with Crippen LogP contribution >= 0.6 is 0 Å². The first-order chi connectivity index (χ1) is 8.58. The van der Waals surface area contributed by atoms with Crippen LogP contribution in [0.1, 0.15) is 31.6 Å². The number of aliphatic hydroxyl groups excluding tert-OH is 2. The molecule has 0 amide bonds. The predicted octanol–water partition coefficient (Wildman–Crippen LogP) is 1.40. The van der Waals surface area contributed by atoms with Crippen LogP contribution in [0.3, 0.4) is 0 Å². The van der Waals surface area contributed by atoms with Gasteiger partial charge in [0.2, 0.25) is 0 Å². The van der Waals surface area contributed by atoms with Crippen molar-refractivity contribution in [2.75, 3.05) is 7.11 Å². The lowest BCUT2D eigenvalue weighted by molar-refractivity contribution is -0.000341. The Morgan fingerprint density at radius 3 is 2.78 bits per heavy atom. The highest BCUT2D eigenvalue weighted by molar-refractivity contribution is 5.21. The van der Waals surface area contributed by atoms with Crippen LogP contribution in [0.5, 0.6) is 5.75 Å². The van der Waals surface area contributed by atoms with Crippen molar-refractivity contribution in [3.63, 3.8) is 0 Å². The number of hydrogen-bond acceptors (Lipinski definition) is 5. The first kappa shape index (κ1) is 14.5. The third-order valence-corrected chi connectivity index (χ3v) is 2.52. The van der Waals surface area contributed by atoms with E-state index in [-0.39, 0.29) is 5.76 Å². The van der Waals surface area contributed by atoms with Gasteiger partial charge in [-0.15, -0.1) is 0 Å². The topological polar surface area (TPSA) is 79.9 Å². The van der Waals surface area contributed by atoms with E-state index in [2.05, 4.69) is 0 Å². The monoisotopic (exact) mass is 254 g/mol. The Bertz CT molecular complexity index is 449. The molecule has 0 aliphatic rings. The number of rotatable bonds is 6. The fourth-order valence-corrected chi connectivity index (χ4v) is 1.52. The smallest absolute Gasteiger partial charge is 0.339 e. The second-order valence-corrected chi connectivity index (χ2v) is 3.88. The summed E-state index contributed by atoms with van der Waals surface area (Å²) in [5, 5.41) is 19.6. The van der Waals surface area contributed by atoms with Crippen molar-refractivity contribution < 1.29 is 19.4 Å². The minimum Gasteiger partial charge on any atom is -0.496 e. The van der Waals surface area contributed by atoms with E-state index in [1.165, 1.54) is 19.2 Å². The van der Waals surface area contributed by atoms with Crippen molar-refractivity contribution >= 4 is 0 Å². The van der Waals surface area contributed by atoms with Crippen LogP contribution in [0.15, 0.2) is 33.5 Å². The maximum Gasteiger partial charge on any atom is 0.339 e. The summed E-state index contributed by atoms with van der Waals surface area (Å²) >= 11 is 0. The van der Waals surface area contributed by atoms with Gasteiger partial charge in [0.05, 0.1) is 19.3 Å². The van der Waals surface area contributed by atoms with E-state index in [0.717, 1.165) is 0 Å². The standard InChI is InChI=1S/C13H18O5/c1-3-4-5-6-10(14)13(16)11-7-9(17-2)8-12(15)18-11/h3-4,7-8,10,13-14,16H,5-6H2,1-2H3/b4-3+/t10-,13+/m1/s1. The lowest BCUT2D eigenvalue weighted by Gasteiger charge is -2.16. The predicted molar refractivity (Wildman–Crippen MR) is 66.5 cm³/mol. The molecule has 2 N–H and O–H groups in total. The Morgan fingerprint density at radius 1 is 1.44 bits per heavy atom. The average molecular weight is 254 g/mol. The van der Waals surface area contributed by atoms with Gasteiger partial charge in [0, 0.05) is 6.07 Å². The Balaban J connectivity index is 2.79. The van der Waals surface area contributed by atoms with Gasteiger partial charge >= 0.3 is 5.63 Å². The van der Waals surface area contributed by atoms with E-state index >= 15 is 0 Å². The molecule has 5 heteroatoms. The Labute approximate surface area is 105 Å². The van der Waals surface area contributed by atoms with Crippen LogP contribution in [0.4, 0.5) is 0 Å². The maximum atomic E-state index is 11.2. The van der Waals surface area contributed by atoms with Gasteiger partial charge in [-0.1, -0.05) is 12.2 Å². The van der Waals surface area contributed by atoms with Crippen LogP contribution in [0.2, 0.25) is 0 Å². The zero-order valence-electron chi connectivity index (χ0n) is 10.5. The number of hydrogen-bond donors (Lipinski definition) is 2. The van der Waals surface area contributed by atoms with Gasteiger partial charge < -0.3 is 19.4 Å². The van der Waals surface area contributed by atoms with Crippen molar-refractivity contribution in [3.8, 4) is 5.75 Å². The molecule has 0 spiro atoms. The fourth-order valence-electron chi connectivity index (χ4n) is 1.52. The van der Waals surface area contributed by atoms with Crippen molar-refractivity contribution in [3.05, 3.63) is 40.5 Å². The van der Waals surface area contributed by atoms with E-state index in [0.29, 0.717) is 18.6 Å². The summed E-state index contributed by atoms with van der Waals surface area (Å²) in [5.41, 5.74) is -0.621. The van der Waals surface area contributed by atoms with Crippen molar-refractivity contribution in [1.82, 2.24) is 0 Å². The van der Waals surface area contributed by atoms with Crippen molar-refractivity contribution in [2.45, 2.75) is 32.0 Å². The molecule has 0 fully saturated rings. The van der Waals surface area contributed by atoms with Crippen LogP contribution in [0.25, 0.3) is 0 Å². The van der Waals surface area contributed by atoms with Gasteiger partial charge in [0.15, 0.2) is 0 Å². The molecule has 0 saturated heterocycles. The second kappa shape index (κ2) is 6.98.